The van der Waals surface area contributed by atoms with Crippen LogP contribution in [0.5, 0.6) is 0 Å². The van der Waals surface area contributed by atoms with Gasteiger partial charge in [-0.3, -0.25) is 9.59 Å². The minimum atomic E-state index is -0.527. The Balaban J connectivity index is 1.50. The van der Waals surface area contributed by atoms with Crippen LogP contribution in [0.2, 0.25) is 0 Å². The highest BCUT2D eigenvalue weighted by atomic mass is 16.6. The lowest BCUT2D eigenvalue weighted by atomic mass is 9.92. The molecule has 2 fully saturated rings. The van der Waals surface area contributed by atoms with E-state index in [9.17, 15) is 14.4 Å². The number of nitrogens with zero attached hydrogens (tertiary/aromatic N) is 3. The second kappa shape index (κ2) is 9.66. The number of hydrogen-bond donors (Lipinski definition) is 1. The van der Waals surface area contributed by atoms with Crippen molar-refractivity contribution in [3.05, 3.63) is 23.9 Å². The van der Waals surface area contributed by atoms with Crippen LogP contribution in [0.25, 0.3) is 0 Å². The van der Waals surface area contributed by atoms with Gasteiger partial charge in [-0.1, -0.05) is 6.07 Å². The standard InChI is InChI=1S/C23H34N4O4/c1-16-7-5-9-19(24-16)25-20(28)18-8-6-12-27(15-18)21(29)17-10-13-26(14-11-17)22(30)31-23(2,3)4/h5,7,9,17-18H,6,8,10-15H2,1-4H3,(H,24,25,28). The first-order valence-electron chi connectivity index (χ1n) is 11.1. The van der Waals surface area contributed by atoms with Gasteiger partial charge in [-0.05, 0) is 65.5 Å². The molecule has 2 aliphatic rings. The van der Waals surface area contributed by atoms with E-state index in [-0.39, 0.29) is 29.7 Å². The molecule has 170 valence electrons. The fourth-order valence-electron chi connectivity index (χ4n) is 4.13. The number of aryl methyl sites for hydroxylation is 1. The monoisotopic (exact) mass is 430 g/mol. The van der Waals surface area contributed by atoms with E-state index in [0.29, 0.717) is 44.8 Å². The number of piperidine rings is 2. The lowest BCUT2D eigenvalue weighted by Gasteiger charge is -2.37. The molecule has 3 rings (SSSR count). The maximum atomic E-state index is 13.1. The number of rotatable bonds is 3. The molecule has 3 heterocycles. The molecule has 3 amide bonds. The van der Waals surface area contributed by atoms with Crippen LogP contribution in [0, 0.1) is 18.8 Å². The number of anilines is 1. The Morgan fingerprint density at radius 1 is 1.03 bits per heavy atom. The quantitative estimate of drug-likeness (QED) is 0.795. The van der Waals surface area contributed by atoms with Gasteiger partial charge >= 0.3 is 6.09 Å². The summed E-state index contributed by atoms with van der Waals surface area (Å²) in [6.45, 7) is 9.56. The molecule has 0 bridgehead atoms. The molecule has 0 spiro atoms. The number of pyridine rings is 1. The van der Waals surface area contributed by atoms with Gasteiger partial charge < -0.3 is 19.9 Å². The molecular formula is C23H34N4O4. The number of carbonyl (C=O) groups is 3. The van der Waals surface area contributed by atoms with Crippen LogP contribution < -0.4 is 5.32 Å². The van der Waals surface area contributed by atoms with Crippen molar-refractivity contribution < 1.29 is 19.1 Å². The van der Waals surface area contributed by atoms with Crippen molar-refractivity contribution in [3.63, 3.8) is 0 Å². The molecule has 0 aromatic carbocycles. The fourth-order valence-corrected chi connectivity index (χ4v) is 4.13. The lowest BCUT2D eigenvalue weighted by molar-refractivity contribution is -0.140. The van der Waals surface area contributed by atoms with Crippen LogP contribution in [0.1, 0.15) is 52.1 Å². The number of aromatic nitrogens is 1. The third-order valence-corrected chi connectivity index (χ3v) is 5.74. The van der Waals surface area contributed by atoms with Gasteiger partial charge in [-0.2, -0.15) is 0 Å². The summed E-state index contributed by atoms with van der Waals surface area (Å²) >= 11 is 0. The number of amides is 3. The van der Waals surface area contributed by atoms with E-state index < -0.39 is 5.60 Å². The van der Waals surface area contributed by atoms with Crippen LogP contribution in [0.3, 0.4) is 0 Å². The molecule has 31 heavy (non-hydrogen) atoms. The molecule has 1 aromatic heterocycles. The molecule has 1 N–H and O–H groups in total. The van der Waals surface area contributed by atoms with E-state index in [2.05, 4.69) is 10.3 Å². The first kappa shape index (κ1) is 23.0. The van der Waals surface area contributed by atoms with Gasteiger partial charge in [0.05, 0.1) is 5.92 Å². The van der Waals surface area contributed by atoms with Crippen LogP contribution in [0.15, 0.2) is 18.2 Å². The Morgan fingerprint density at radius 3 is 2.39 bits per heavy atom. The van der Waals surface area contributed by atoms with Gasteiger partial charge in [-0.15, -0.1) is 0 Å². The zero-order valence-electron chi connectivity index (χ0n) is 19.0. The van der Waals surface area contributed by atoms with Crippen LogP contribution in [-0.4, -0.2) is 64.5 Å². The third-order valence-electron chi connectivity index (χ3n) is 5.74. The summed E-state index contributed by atoms with van der Waals surface area (Å²) in [5, 5.41) is 2.88. The van der Waals surface area contributed by atoms with Crippen LogP contribution in [-0.2, 0) is 14.3 Å². The molecule has 1 aromatic rings. The molecular weight excluding hydrogens is 396 g/mol. The third kappa shape index (κ3) is 6.42. The molecule has 1 atom stereocenters. The summed E-state index contributed by atoms with van der Waals surface area (Å²) in [5.41, 5.74) is 0.317. The Labute approximate surface area is 184 Å². The molecule has 0 aliphatic carbocycles. The van der Waals surface area contributed by atoms with Crippen LogP contribution in [0.4, 0.5) is 10.6 Å². The smallest absolute Gasteiger partial charge is 0.410 e. The van der Waals surface area contributed by atoms with Crippen molar-refractivity contribution in [2.75, 3.05) is 31.5 Å². The summed E-state index contributed by atoms with van der Waals surface area (Å²) < 4.78 is 5.43. The molecule has 2 saturated heterocycles. The minimum Gasteiger partial charge on any atom is -0.444 e. The molecule has 8 heteroatoms. The van der Waals surface area contributed by atoms with Gasteiger partial charge in [0.1, 0.15) is 11.4 Å². The molecule has 0 radical (unpaired) electrons. The first-order valence-corrected chi connectivity index (χ1v) is 11.1. The van der Waals surface area contributed by atoms with Gasteiger partial charge in [-0.25, -0.2) is 9.78 Å². The normalized spacial score (nSPS) is 20.3. The molecule has 2 aliphatic heterocycles. The Kier molecular flexibility index (Phi) is 7.18. The Morgan fingerprint density at radius 2 is 1.74 bits per heavy atom. The van der Waals surface area contributed by atoms with Crippen molar-refractivity contribution in [1.82, 2.24) is 14.8 Å². The average molecular weight is 431 g/mol. The highest BCUT2D eigenvalue weighted by Crippen LogP contribution is 2.25. The van der Waals surface area contributed by atoms with Crippen LogP contribution >= 0.6 is 0 Å². The summed E-state index contributed by atoms with van der Waals surface area (Å²) in [6, 6.07) is 5.51. The number of nitrogens with one attached hydrogen (secondary N) is 1. The lowest BCUT2D eigenvalue weighted by Crippen LogP contribution is -2.49. The topological polar surface area (TPSA) is 91.8 Å². The molecule has 1 unspecified atom stereocenters. The minimum absolute atomic E-state index is 0.0876. The summed E-state index contributed by atoms with van der Waals surface area (Å²) in [7, 11) is 0. The van der Waals surface area contributed by atoms with E-state index >= 15 is 0 Å². The predicted molar refractivity (Wildman–Crippen MR) is 117 cm³/mol. The Hall–Kier alpha value is -2.64. The maximum absolute atomic E-state index is 13.1. The highest BCUT2D eigenvalue weighted by molar-refractivity contribution is 5.92. The number of hydrogen-bond acceptors (Lipinski definition) is 5. The van der Waals surface area contributed by atoms with Gasteiger partial charge in [0.25, 0.3) is 0 Å². The van der Waals surface area contributed by atoms with Gasteiger partial charge in [0, 0.05) is 37.8 Å². The Bertz CT molecular complexity index is 812. The summed E-state index contributed by atoms with van der Waals surface area (Å²) in [5.74, 6) is 0.203. The number of carbonyl (C=O) groups excluding carboxylic acids is 3. The van der Waals surface area contributed by atoms with E-state index in [1.165, 1.54) is 0 Å². The van der Waals surface area contributed by atoms with Crippen molar-refractivity contribution >= 4 is 23.7 Å². The number of ether oxygens (including phenoxy) is 1. The van der Waals surface area contributed by atoms with Crippen molar-refractivity contribution in [1.29, 1.82) is 0 Å². The summed E-state index contributed by atoms with van der Waals surface area (Å²) in [4.78, 5) is 45.9. The van der Waals surface area contributed by atoms with E-state index in [0.717, 1.165) is 18.5 Å². The zero-order valence-corrected chi connectivity index (χ0v) is 19.0. The predicted octanol–water partition coefficient (Wildman–Crippen LogP) is 3.21. The van der Waals surface area contributed by atoms with Gasteiger partial charge in [0.15, 0.2) is 0 Å². The number of likely N-dealkylation sites (tertiary alicyclic amines) is 2. The second-order valence-electron chi connectivity index (χ2n) is 9.52. The molecule has 8 nitrogen and oxygen atoms in total. The van der Waals surface area contributed by atoms with E-state index in [1.54, 1.807) is 11.0 Å². The van der Waals surface area contributed by atoms with Gasteiger partial charge in [0.2, 0.25) is 11.8 Å². The maximum Gasteiger partial charge on any atom is 0.410 e. The fraction of sp³-hybridized carbons (Fsp3) is 0.652. The van der Waals surface area contributed by atoms with Crippen molar-refractivity contribution in [3.8, 4) is 0 Å². The average Bonchev–Trinajstić information content (AvgIpc) is 2.72. The molecule has 0 saturated carbocycles. The largest absolute Gasteiger partial charge is 0.444 e. The first-order chi connectivity index (χ1) is 14.6. The second-order valence-corrected chi connectivity index (χ2v) is 9.52. The highest BCUT2D eigenvalue weighted by Gasteiger charge is 2.35. The van der Waals surface area contributed by atoms with Crippen molar-refractivity contribution in [2.24, 2.45) is 11.8 Å². The zero-order chi connectivity index (χ0) is 22.6. The van der Waals surface area contributed by atoms with Crippen molar-refractivity contribution in [2.45, 2.75) is 59.0 Å². The summed E-state index contributed by atoms with van der Waals surface area (Å²) in [6.07, 6.45) is 2.50. The van der Waals surface area contributed by atoms with E-state index in [1.807, 2.05) is 44.7 Å². The SMILES string of the molecule is Cc1cccc(NC(=O)C2CCCN(C(=O)C3CCN(C(=O)OC(C)(C)C)CC3)C2)n1. The van der Waals surface area contributed by atoms with E-state index in [4.69, 9.17) is 4.74 Å².